The molecule has 1 saturated heterocycles. The summed E-state index contributed by atoms with van der Waals surface area (Å²) in [5.41, 5.74) is 6.05. The highest BCUT2D eigenvalue weighted by molar-refractivity contribution is 7.89. The summed E-state index contributed by atoms with van der Waals surface area (Å²) in [5.74, 6) is 0. The van der Waals surface area contributed by atoms with E-state index in [4.69, 9.17) is 17.3 Å². The lowest BCUT2D eigenvalue weighted by Gasteiger charge is -2.25. The topological polar surface area (TPSA) is 66.6 Å². The number of rotatable bonds is 4. The van der Waals surface area contributed by atoms with Crippen molar-refractivity contribution >= 4 is 27.3 Å². The number of halogens is 1. The Balaban J connectivity index is 2.20. The minimum atomic E-state index is -3.58. The summed E-state index contributed by atoms with van der Waals surface area (Å²) in [7, 11) is 0.0354. The van der Waals surface area contributed by atoms with E-state index in [-0.39, 0.29) is 16.0 Å². The molecule has 1 atom stereocenters. The molecule has 2 rings (SSSR count). The van der Waals surface area contributed by atoms with Gasteiger partial charge in [0, 0.05) is 25.3 Å². The molecule has 112 valence electrons. The van der Waals surface area contributed by atoms with Crippen molar-refractivity contribution in [3.63, 3.8) is 0 Å². The van der Waals surface area contributed by atoms with Crippen molar-refractivity contribution in [2.45, 2.75) is 23.8 Å². The van der Waals surface area contributed by atoms with E-state index in [1.165, 1.54) is 16.4 Å². The fraction of sp³-hybridized carbons (Fsp3) is 0.538. The van der Waals surface area contributed by atoms with Crippen molar-refractivity contribution in [2.75, 3.05) is 32.9 Å². The summed E-state index contributed by atoms with van der Waals surface area (Å²) in [4.78, 5) is 2.30. The average molecular weight is 318 g/mol. The first-order valence-corrected chi connectivity index (χ1v) is 8.36. The van der Waals surface area contributed by atoms with Crippen LogP contribution >= 0.6 is 11.6 Å². The maximum atomic E-state index is 12.5. The van der Waals surface area contributed by atoms with Crippen LogP contribution in [0.25, 0.3) is 0 Å². The van der Waals surface area contributed by atoms with Crippen LogP contribution in [-0.4, -0.2) is 50.8 Å². The number of sulfonamides is 1. The first-order valence-electron chi connectivity index (χ1n) is 6.54. The molecule has 0 spiro atoms. The number of nitrogen functional groups attached to an aromatic ring is 1. The number of hydrogen-bond acceptors (Lipinski definition) is 4. The molecule has 1 aliphatic heterocycles. The zero-order valence-electron chi connectivity index (χ0n) is 11.7. The third kappa shape index (κ3) is 3.09. The predicted octanol–water partition coefficient (Wildman–Crippen LogP) is 1.64. The third-order valence-electron chi connectivity index (χ3n) is 3.78. The van der Waals surface area contributed by atoms with Crippen molar-refractivity contribution in [1.29, 1.82) is 0 Å². The summed E-state index contributed by atoms with van der Waals surface area (Å²) in [5, 5.41) is 0.164. The minimum Gasteiger partial charge on any atom is -0.399 e. The molecule has 7 heteroatoms. The SMILES string of the molecule is CN1CCCC1CN(C)S(=O)(=O)c1ccc(N)cc1Cl. The van der Waals surface area contributed by atoms with E-state index in [1.807, 2.05) is 7.05 Å². The Morgan fingerprint density at radius 3 is 2.75 bits per heavy atom. The van der Waals surface area contributed by atoms with Gasteiger partial charge in [-0.2, -0.15) is 4.31 Å². The van der Waals surface area contributed by atoms with E-state index in [0.29, 0.717) is 12.2 Å². The largest absolute Gasteiger partial charge is 0.399 e. The highest BCUT2D eigenvalue weighted by atomic mass is 35.5. The Bertz CT molecular complexity index is 591. The molecule has 5 nitrogen and oxygen atoms in total. The van der Waals surface area contributed by atoms with Crippen LogP contribution in [0, 0.1) is 0 Å². The fourth-order valence-electron chi connectivity index (χ4n) is 2.50. The van der Waals surface area contributed by atoms with E-state index in [0.717, 1.165) is 19.4 Å². The molecule has 0 bridgehead atoms. The normalized spacial score (nSPS) is 20.7. The molecule has 1 aliphatic rings. The Hall–Kier alpha value is -0.820. The second-order valence-electron chi connectivity index (χ2n) is 5.25. The van der Waals surface area contributed by atoms with Gasteiger partial charge in [0.1, 0.15) is 4.90 Å². The van der Waals surface area contributed by atoms with E-state index < -0.39 is 10.0 Å². The van der Waals surface area contributed by atoms with E-state index in [2.05, 4.69) is 4.90 Å². The third-order valence-corrected chi connectivity index (χ3v) is 6.09. The van der Waals surface area contributed by atoms with Crippen LogP contribution in [0.4, 0.5) is 5.69 Å². The second-order valence-corrected chi connectivity index (χ2v) is 7.67. The molecule has 1 fully saturated rings. The monoisotopic (exact) mass is 317 g/mol. The quantitative estimate of drug-likeness (QED) is 0.857. The van der Waals surface area contributed by atoms with Gasteiger partial charge in [-0.1, -0.05) is 11.6 Å². The van der Waals surface area contributed by atoms with Gasteiger partial charge in [-0.3, -0.25) is 0 Å². The van der Waals surface area contributed by atoms with Crippen molar-refractivity contribution in [3.8, 4) is 0 Å². The van der Waals surface area contributed by atoms with Crippen LogP contribution in [0.3, 0.4) is 0 Å². The maximum Gasteiger partial charge on any atom is 0.244 e. The van der Waals surface area contributed by atoms with Crippen molar-refractivity contribution in [1.82, 2.24) is 9.21 Å². The lowest BCUT2D eigenvalue weighted by Crippen LogP contribution is -2.39. The fourth-order valence-corrected chi connectivity index (χ4v) is 4.23. The van der Waals surface area contributed by atoms with Crippen LogP contribution in [0.15, 0.2) is 23.1 Å². The Kier molecular flexibility index (Phi) is 4.59. The molecule has 0 amide bonds. The van der Waals surface area contributed by atoms with Crippen LogP contribution in [0.5, 0.6) is 0 Å². The predicted molar refractivity (Wildman–Crippen MR) is 81.3 cm³/mol. The van der Waals surface area contributed by atoms with Crippen LogP contribution in [-0.2, 0) is 10.0 Å². The zero-order chi connectivity index (χ0) is 14.9. The van der Waals surface area contributed by atoms with Crippen molar-refractivity contribution < 1.29 is 8.42 Å². The van der Waals surface area contributed by atoms with Crippen LogP contribution in [0.2, 0.25) is 5.02 Å². The van der Waals surface area contributed by atoms with E-state index in [1.54, 1.807) is 13.1 Å². The lowest BCUT2D eigenvalue weighted by molar-refractivity contribution is 0.271. The smallest absolute Gasteiger partial charge is 0.244 e. The molecule has 1 aromatic rings. The summed E-state index contributed by atoms with van der Waals surface area (Å²) in [6, 6.07) is 4.74. The molecule has 0 aliphatic carbocycles. The van der Waals surface area contributed by atoms with Gasteiger partial charge in [0.2, 0.25) is 10.0 Å². The van der Waals surface area contributed by atoms with E-state index >= 15 is 0 Å². The maximum absolute atomic E-state index is 12.5. The molecule has 20 heavy (non-hydrogen) atoms. The number of likely N-dealkylation sites (tertiary alicyclic amines) is 1. The highest BCUT2D eigenvalue weighted by Crippen LogP contribution is 2.27. The lowest BCUT2D eigenvalue weighted by atomic mass is 10.2. The second kappa shape index (κ2) is 5.89. The van der Waals surface area contributed by atoms with Crippen LogP contribution < -0.4 is 5.73 Å². The zero-order valence-corrected chi connectivity index (χ0v) is 13.3. The first kappa shape index (κ1) is 15.6. The van der Waals surface area contributed by atoms with Crippen LogP contribution in [0.1, 0.15) is 12.8 Å². The highest BCUT2D eigenvalue weighted by Gasteiger charge is 2.29. The first-order chi connectivity index (χ1) is 9.32. The van der Waals surface area contributed by atoms with Gasteiger partial charge in [0.25, 0.3) is 0 Å². The Labute approximate surface area is 125 Å². The number of anilines is 1. The molecular formula is C13H20ClN3O2S. The Morgan fingerprint density at radius 1 is 1.50 bits per heavy atom. The van der Waals surface area contributed by atoms with Gasteiger partial charge < -0.3 is 10.6 Å². The summed E-state index contributed by atoms with van der Waals surface area (Å²) < 4.78 is 26.5. The molecule has 0 saturated carbocycles. The van der Waals surface area contributed by atoms with Crippen molar-refractivity contribution in [3.05, 3.63) is 23.2 Å². The number of nitrogens with two attached hydrogens (primary N) is 1. The Morgan fingerprint density at radius 2 is 2.20 bits per heavy atom. The number of nitrogens with zero attached hydrogens (tertiary/aromatic N) is 2. The van der Waals surface area contributed by atoms with Gasteiger partial charge in [-0.25, -0.2) is 8.42 Å². The number of hydrogen-bond donors (Lipinski definition) is 1. The summed E-state index contributed by atoms with van der Waals surface area (Å²) in [6.45, 7) is 1.49. The molecule has 1 unspecified atom stereocenters. The summed E-state index contributed by atoms with van der Waals surface area (Å²) in [6.07, 6.45) is 2.13. The van der Waals surface area contributed by atoms with Gasteiger partial charge in [0.05, 0.1) is 5.02 Å². The van der Waals surface area contributed by atoms with E-state index in [9.17, 15) is 8.42 Å². The number of benzene rings is 1. The van der Waals surface area contributed by atoms with Gasteiger partial charge in [-0.05, 0) is 44.6 Å². The molecule has 0 aromatic heterocycles. The van der Waals surface area contributed by atoms with Gasteiger partial charge >= 0.3 is 0 Å². The van der Waals surface area contributed by atoms with Gasteiger partial charge in [-0.15, -0.1) is 0 Å². The van der Waals surface area contributed by atoms with Crippen molar-refractivity contribution in [2.24, 2.45) is 0 Å². The average Bonchev–Trinajstić information content (AvgIpc) is 2.74. The van der Waals surface area contributed by atoms with Gasteiger partial charge in [0.15, 0.2) is 0 Å². The molecule has 2 N–H and O–H groups in total. The molecule has 0 radical (unpaired) electrons. The molecule has 1 heterocycles. The minimum absolute atomic E-state index is 0.108. The summed E-state index contributed by atoms with van der Waals surface area (Å²) >= 11 is 6.01. The molecule has 1 aromatic carbocycles. The molecular weight excluding hydrogens is 298 g/mol. The number of likely N-dealkylation sites (N-methyl/N-ethyl adjacent to an activating group) is 2. The standard InChI is InChI=1S/C13H20ClN3O2S/c1-16-7-3-4-11(16)9-17(2)20(18,19)13-6-5-10(15)8-12(13)14/h5-6,8,11H,3-4,7,9,15H2,1-2H3.